The quantitative estimate of drug-likeness (QED) is 0.306. The van der Waals surface area contributed by atoms with Gasteiger partial charge in [0.1, 0.15) is 17.7 Å². The number of para-hydroxylation sites is 1. The van der Waals surface area contributed by atoms with Crippen LogP contribution in [0.3, 0.4) is 0 Å². The van der Waals surface area contributed by atoms with Gasteiger partial charge >= 0.3 is 6.09 Å². The number of nitrogens with one attached hydrogen (secondary N) is 2. The summed E-state index contributed by atoms with van der Waals surface area (Å²) in [6.45, 7) is 13.3. The maximum atomic E-state index is 14.2. The van der Waals surface area contributed by atoms with Crippen LogP contribution in [0.1, 0.15) is 68.8 Å². The Morgan fingerprint density at radius 2 is 1.77 bits per heavy atom. The van der Waals surface area contributed by atoms with Gasteiger partial charge in [-0.15, -0.1) is 0 Å². The average Bonchev–Trinajstić information content (AvgIpc) is 2.84. The van der Waals surface area contributed by atoms with Crippen molar-refractivity contribution in [1.82, 2.24) is 10.2 Å². The second kappa shape index (κ2) is 14.6. The van der Waals surface area contributed by atoms with Crippen molar-refractivity contribution in [3.8, 4) is 0 Å². The van der Waals surface area contributed by atoms with Gasteiger partial charge in [0.2, 0.25) is 5.91 Å². The van der Waals surface area contributed by atoms with Crippen LogP contribution in [-0.2, 0) is 14.3 Å². The molecule has 2 N–H and O–H groups in total. The Balaban J connectivity index is 2.58. The topological polar surface area (TPSA) is 87.7 Å². The zero-order chi connectivity index (χ0) is 29.3. The predicted octanol–water partition coefficient (Wildman–Crippen LogP) is 6.83. The summed E-state index contributed by atoms with van der Waals surface area (Å²) in [5, 5.41) is 6.18. The van der Waals surface area contributed by atoms with E-state index in [1.165, 1.54) is 0 Å². The standard InChI is InChI=1S/C30H42ClN3O4S/c1-9-16-34(28(36)24(15-17-39-8)32-29(37)38-30(5,6)7)26(22-18-19(2)13-14-20(22)3)27(35)33-25-21(4)11-10-12-23(25)31/h10-14,18,24,26H,9,15-17H2,1-8H3,(H,32,37)(H,33,35). The fourth-order valence-electron chi connectivity index (χ4n) is 4.24. The van der Waals surface area contributed by atoms with Crippen molar-refractivity contribution in [2.75, 3.05) is 23.9 Å². The lowest BCUT2D eigenvalue weighted by molar-refractivity contribution is -0.140. The molecule has 0 aliphatic rings. The number of anilines is 1. The highest BCUT2D eigenvalue weighted by Crippen LogP contribution is 2.31. The van der Waals surface area contributed by atoms with E-state index in [1.54, 1.807) is 43.5 Å². The van der Waals surface area contributed by atoms with Crippen molar-refractivity contribution in [2.45, 2.75) is 79.0 Å². The zero-order valence-corrected chi connectivity index (χ0v) is 25.9. The summed E-state index contributed by atoms with van der Waals surface area (Å²) in [4.78, 5) is 42.5. The summed E-state index contributed by atoms with van der Waals surface area (Å²) in [7, 11) is 0. The number of hydrogen-bond acceptors (Lipinski definition) is 5. The number of halogens is 1. The number of alkyl carbamates (subject to hydrolysis) is 1. The van der Waals surface area contributed by atoms with Crippen molar-refractivity contribution < 1.29 is 19.1 Å². The molecule has 0 saturated heterocycles. The van der Waals surface area contributed by atoms with Crippen molar-refractivity contribution >= 4 is 47.0 Å². The lowest BCUT2D eigenvalue weighted by Gasteiger charge is -2.35. The van der Waals surface area contributed by atoms with Crippen molar-refractivity contribution in [2.24, 2.45) is 0 Å². The molecule has 0 aromatic heterocycles. The van der Waals surface area contributed by atoms with E-state index in [2.05, 4.69) is 10.6 Å². The molecular weight excluding hydrogens is 534 g/mol. The number of ether oxygens (including phenoxy) is 1. The smallest absolute Gasteiger partial charge is 0.408 e. The van der Waals surface area contributed by atoms with E-state index in [0.717, 1.165) is 22.3 Å². The minimum absolute atomic E-state index is 0.317. The molecule has 9 heteroatoms. The first-order valence-corrected chi connectivity index (χ1v) is 15.0. The summed E-state index contributed by atoms with van der Waals surface area (Å²) < 4.78 is 5.45. The molecule has 0 heterocycles. The molecule has 0 spiro atoms. The SMILES string of the molecule is CCCN(C(=O)C(CCSC)NC(=O)OC(C)(C)C)C(C(=O)Nc1c(C)cccc1Cl)c1cc(C)ccc1C. The Hall–Kier alpha value is -2.71. The molecule has 2 unspecified atom stereocenters. The first-order valence-electron chi connectivity index (χ1n) is 13.2. The Morgan fingerprint density at radius 3 is 2.36 bits per heavy atom. The van der Waals surface area contributed by atoms with Crippen molar-refractivity contribution in [3.05, 3.63) is 63.7 Å². The summed E-state index contributed by atoms with van der Waals surface area (Å²) in [6.07, 6.45) is 2.28. The Bertz CT molecular complexity index is 1150. The van der Waals surface area contributed by atoms with Crippen molar-refractivity contribution in [3.63, 3.8) is 0 Å². The minimum Gasteiger partial charge on any atom is -0.444 e. The molecule has 2 aromatic carbocycles. The van der Waals surface area contributed by atoms with Crippen LogP contribution in [0.25, 0.3) is 0 Å². The number of thioether (sulfide) groups is 1. The molecule has 0 fully saturated rings. The maximum absolute atomic E-state index is 14.2. The van der Waals surface area contributed by atoms with Crippen LogP contribution in [0.5, 0.6) is 0 Å². The number of hydrogen-bond donors (Lipinski definition) is 2. The normalized spacial score (nSPS) is 12.8. The molecule has 39 heavy (non-hydrogen) atoms. The third kappa shape index (κ3) is 9.46. The molecule has 0 aliphatic heterocycles. The van der Waals surface area contributed by atoms with Crippen LogP contribution >= 0.6 is 23.4 Å². The summed E-state index contributed by atoms with van der Waals surface area (Å²) in [5.74, 6) is -0.0676. The van der Waals surface area contributed by atoms with Crippen LogP contribution in [0.15, 0.2) is 36.4 Å². The first kappa shape index (κ1) is 32.5. The molecular formula is C30H42ClN3O4S. The molecule has 214 valence electrons. The lowest BCUT2D eigenvalue weighted by Crippen LogP contribution is -2.53. The minimum atomic E-state index is -0.940. The van der Waals surface area contributed by atoms with E-state index >= 15 is 0 Å². The van der Waals surface area contributed by atoms with Gasteiger partial charge in [0.25, 0.3) is 5.91 Å². The highest BCUT2D eigenvalue weighted by atomic mass is 35.5. The van der Waals surface area contributed by atoms with Crippen LogP contribution in [0.2, 0.25) is 5.02 Å². The van der Waals surface area contributed by atoms with Gasteiger partial charge in [-0.1, -0.05) is 54.4 Å². The van der Waals surface area contributed by atoms with Gasteiger partial charge < -0.3 is 20.3 Å². The average molecular weight is 576 g/mol. The zero-order valence-electron chi connectivity index (χ0n) is 24.3. The summed E-state index contributed by atoms with van der Waals surface area (Å²) in [5.41, 5.74) is 3.18. The van der Waals surface area contributed by atoms with E-state index in [1.807, 2.05) is 64.3 Å². The number of benzene rings is 2. The van der Waals surface area contributed by atoms with E-state index < -0.39 is 23.8 Å². The van der Waals surface area contributed by atoms with Gasteiger partial charge in [-0.05, 0) is 89.1 Å². The monoisotopic (exact) mass is 575 g/mol. The second-order valence-electron chi connectivity index (χ2n) is 10.7. The summed E-state index contributed by atoms with van der Waals surface area (Å²) in [6, 6.07) is 9.47. The Labute approximate surface area is 242 Å². The van der Waals surface area contributed by atoms with Gasteiger partial charge in [-0.2, -0.15) is 11.8 Å². The molecule has 0 saturated carbocycles. The number of aryl methyl sites for hydroxylation is 3. The molecule has 0 bridgehead atoms. The van der Waals surface area contributed by atoms with Crippen LogP contribution in [0, 0.1) is 20.8 Å². The molecule has 7 nitrogen and oxygen atoms in total. The van der Waals surface area contributed by atoms with E-state index in [4.69, 9.17) is 16.3 Å². The van der Waals surface area contributed by atoms with E-state index in [0.29, 0.717) is 35.8 Å². The third-order valence-electron chi connectivity index (χ3n) is 6.11. The van der Waals surface area contributed by atoms with Gasteiger partial charge in [-0.3, -0.25) is 9.59 Å². The highest BCUT2D eigenvalue weighted by Gasteiger charge is 2.37. The predicted molar refractivity (Wildman–Crippen MR) is 162 cm³/mol. The molecule has 0 radical (unpaired) electrons. The number of carbonyl (C=O) groups excluding carboxylic acids is 3. The fraction of sp³-hybridized carbons (Fsp3) is 0.500. The third-order valence-corrected chi connectivity index (χ3v) is 7.07. The van der Waals surface area contributed by atoms with Crippen LogP contribution < -0.4 is 10.6 Å². The fourth-order valence-corrected chi connectivity index (χ4v) is 4.98. The number of amides is 3. The largest absolute Gasteiger partial charge is 0.444 e. The van der Waals surface area contributed by atoms with Gasteiger partial charge in [0.05, 0.1) is 10.7 Å². The van der Waals surface area contributed by atoms with E-state index in [-0.39, 0.29) is 11.8 Å². The molecule has 3 amide bonds. The molecule has 2 atom stereocenters. The second-order valence-corrected chi connectivity index (χ2v) is 12.1. The van der Waals surface area contributed by atoms with Crippen LogP contribution in [-0.4, -0.2) is 53.0 Å². The molecule has 0 aliphatic carbocycles. The van der Waals surface area contributed by atoms with Gasteiger partial charge in [-0.25, -0.2) is 4.79 Å². The molecule has 2 rings (SSSR count). The number of rotatable bonds is 11. The Morgan fingerprint density at radius 1 is 1.08 bits per heavy atom. The van der Waals surface area contributed by atoms with Gasteiger partial charge in [0.15, 0.2) is 0 Å². The maximum Gasteiger partial charge on any atom is 0.408 e. The lowest BCUT2D eigenvalue weighted by atomic mass is 9.95. The van der Waals surface area contributed by atoms with Crippen LogP contribution in [0.4, 0.5) is 10.5 Å². The Kier molecular flexibility index (Phi) is 12.2. The summed E-state index contributed by atoms with van der Waals surface area (Å²) >= 11 is 8.02. The highest BCUT2D eigenvalue weighted by molar-refractivity contribution is 7.98. The van der Waals surface area contributed by atoms with Gasteiger partial charge in [0, 0.05) is 6.54 Å². The number of carbonyl (C=O) groups is 3. The van der Waals surface area contributed by atoms with E-state index in [9.17, 15) is 14.4 Å². The molecule has 2 aromatic rings. The first-order chi connectivity index (χ1) is 18.3. The number of nitrogens with zero attached hydrogens (tertiary/aromatic N) is 1. The van der Waals surface area contributed by atoms with Crippen molar-refractivity contribution in [1.29, 1.82) is 0 Å².